The fourth-order valence-electron chi connectivity index (χ4n) is 0.800. The van der Waals surface area contributed by atoms with Crippen molar-refractivity contribution < 1.29 is 9.53 Å². The van der Waals surface area contributed by atoms with Crippen LogP contribution in [0.4, 0.5) is 0 Å². The van der Waals surface area contributed by atoms with Crippen LogP contribution < -0.4 is 0 Å². The number of carbonyl (C=O) groups excluding carboxylic acids is 1. The average Bonchev–Trinajstić information content (AvgIpc) is 1.85. The van der Waals surface area contributed by atoms with E-state index in [-0.39, 0.29) is 12.1 Å². The van der Waals surface area contributed by atoms with E-state index >= 15 is 0 Å². The lowest BCUT2D eigenvalue weighted by molar-refractivity contribution is -0.140. The van der Waals surface area contributed by atoms with Gasteiger partial charge in [-0.15, -0.1) is 0 Å². The van der Waals surface area contributed by atoms with E-state index in [1.54, 1.807) is 0 Å². The van der Waals surface area contributed by atoms with Crippen LogP contribution in [0, 0.1) is 5.92 Å². The van der Waals surface area contributed by atoms with E-state index < -0.39 is 0 Å². The van der Waals surface area contributed by atoms with Crippen molar-refractivity contribution in [1.29, 1.82) is 0 Å². The van der Waals surface area contributed by atoms with Crippen molar-refractivity contribution in [2.75, 3.05) is 0 Å². The smallest absolute Gasteiger partial charge is 0.306 e. The number of ether oxygens (including phenoxy) is 1. The first-order chi connectivity index (χ1) is 3.70. The van der Waals surface area contributed by atoms with E-state index in [1.165, 1.54) is 0 Å². The third-order valence-corrected chi connectivity index (χ3v) is 1.61. The zero-order valence-electron chi connectivity index (χ0n) is 5.18. The molecule has 2 nitrogen and oxygen atoms in total. The molecule has 0 spiro atoms. The lowest BCUT2D eigenvalue weighted by Crippen LogP contribution is -2.06. The molecule has 0 aromatic heterocycles. The van der Waals surface area contributed by atoms with Gasteiger partial charge < -0.3 is 4.74 Å². The Balaban J connectivity index is 2.51. The zero-order chi connectivity index (χ0) is 6.15. The number of hydrogen-bond acceptors (Lipinski definition) is 2. The molecule has 1 heterocycles. The van der Waals surface area contributed by atoms with E-state index in [9.17, 15) is 4.79 Å². The van der Waals surface area contributed by atoms with Crippen LogP contribution in [0.1, 0.15) is 20.3 Å². The third kappa shape index (κ3) is 0.831. The van der Waals surface area contributed by atoms with Gasteiger partial charge in [-0.05, 0) is 6.92 Å². The van der Waals surface area contributed by atoms with Crippen molar-refractivity contribution in [3.8, 4) is 0 Å². The number of carbonyl (C=O) groups is 1. The van der Waals surface area contributed by atoms with Gasteiger partial charge in [-0.25, -0.2) is 0 Å². The fraction of sp³-hybridized carbons (Fsp3) is 0.833. The Kier molecular flexibility index (Phi) is 1.24. The molecule has 8 heavy (non-hydrogen) atoms. The number of rotatable bonds is 0. The van der Waals surface area contributed by atoms with E-state index in [2.05, 4.69) is 0 Å². The molecule has 0 aromatic rings. The van der Waals surface area contributed by atoms with Crippen LogP contribution in [-0.4, -0.2) is 12.1 Å². The lowest BCUT2D eigenvalue weighted by atomic mass is 10.1. The van der Waals surface area contributed by atoms with Gasteiger partial charge in [-0.1, -0.05) is 6.92 Å². The molecule has 2 atom stereocenters. The summed E-state index contributed by atoms with van der Waals surface area (Å²) in [5.41, 5.74) is 0. The molecule has 46 valence electrons. The lowest BCUT2D eigenvalue weighted by Gasteiger charge is -2.03. The predicted molar refractivity (Wildman–Crippen MR) is 29.3 cm³/mol. The molecule has 0 saturated carbocycles. The molecule has 1 fully saturated rings. The third-order valence-electron chi connectivity index (χ3n) is 1.61. The largest absolute Gasteiger partial charge is 0.462 e. The summed E-state index contributed by atoms with van der Waals surface area (Å²) in [5.74, 6) is 0.368. The standard InChI is InChI=1S/C6H10O2/c1-4-3-6(7)8-5(4)2/h4-5H,3H2,1-2H3. The van der Waals surface area contributed by atoms with Crippen LogP contribution in [-0.2, 0) is 9.53 Å². The van der Waals surface area contributed by atoms with Gasteiger partial charge in [0.2, 0.25) is 0 Å². The highest BCUT2D eigenvalue weighted by Gasteiger charge is 2.26. The van der Waals surface area contributed by atoms with Crippen LogP contribution >= 0.6 is 0 Å². The van der Waals surface area contributed by atoms with Crippen LogP contribution in [0.3, 0.4) is 0 Å². The highest BCUT2D eigenvalue weighted by Crippen LogP contribution is 2.19. The minimum absolute atomic E-state index is 0.0509. The summed E-state index contributed by atoms with van der Waals surface area (Å²) < 4.78 is 4.83. The van der Waals surface area contributed by atoms with Crippen LogP contribution in [0.15, 0.2) is 0 Å². The van der Waals surface area contributed by atoms with E-state index in [1.807, 2.05) is 13.8 Å². The SMILES string of the molecule is CC1CC(=O)OC1C. The second kappa shape index (κ2) is 1.77. The highest BCUT2D eigenvalue weighted by atomic mass is 16.5. The molecule has 0 aliphatic carbocycles. The summed E-state index contributed by atoms with van der Waals surface area (Å²) in [7, 11) is 0. The Bertz CT molecular complexity index is 97.1. The first-order valence-corrected chi connectivity index (χ1v) is 2.89. The minimum atomic E-state index is -0.0509. The van der Waals surface area contributed by atoms with Gasteiger partial charge in [-0.2, -0.15) is 0 Å². The van der Waals surface area contributed by atoms with E-state index in [4.69, 9.17) is 4.74 Å². The molecule has 1 aliphatic rings. The molecule has 2 heteroatoms. The maximum atomic E-state index is 10.4. The number of cyclic esters (lactones) is 1. The van der Waals surface area contributed by atoms with Crippen LogP contribution in [0.25, 0.3) is 0 Å². The van der Waals surface area contributed by atoms with Crippen molar-refractivity contribution >= 4 is 5.97 Å². The van der Waals surface area contributed by atoms with Crippen molar-refractivity contribution in [2.24, 2.45) is 5.92 Å². The summed E-state index contributed by atoms with van der Waals surface area (Å²) in [6, 6.07) is 0. The predicted octanol–water partition coefficient (Wildman–Crippen LogP) is 0.958. The minimum Gasteiger partial charge on any atom is -0.462 e. The Labute approximate surface area is 48.8 Å². The maximum Gasteiger partial charge on any atom is 0.306 e. The number of hydrogen-bond donors (Lipinski definition) is 0. The van der Waals surface area contributed by atoms with Crippen molar-refractivity contribution in [2.45, 2.75) is 26.4 Å². The molecule has 0 amide bonds. The van der Waals surface area contributed by atoms with Gasteiger partial charge in [0, 0.05) is 5.92 Å². The molecule has 0 radical (unpaired) electrons. The Morgan fingerprint density at radius 1 is 1.62 bits per heavy atom. The number of esters is 1. The first-order valence-electron chi connectivity index (χ1n) is 2.89. The summed E-state index contributed by atoms with van der Waals surface area (Å²) in [4.78, 5) is 10.4. The van der Waals surface area contributed by atoms with Crippen LogP contribution in [0.2, 0.25) is 0 Å². The van der Waals surface area contributed by atoms with Gasteiger partial charge in [0.1, 0.15) is 6.10 Å². The quantitative estimate of drug-likeness (QED) is 0.438. The second-order valence-corrected chi connectivity index (χ2v) is 2.38. The van der Waals surface area contributed by atoms with Gasteiger partial charge in [0.25, 0.3) is 0 Å². The van der Waals surface area contributed by atoms with Crippen LogP contribution in [0.5, 0.6) is 0 Å². The Morgan fingerprint density at radius 3 is 2.38 bits per heavy atom. The van der Waals surface area contributed by atoms with Crippen molar-refractivity contribution in [3.05, 3.63) is 0 Å². The first kappa shape index (κ1) is 5.60. The molecular weight excluding hydrogens is 104 g/mol. The molecule has 0 aromatic carbocycles. The molecule has 0 bridgehead atoms. The second-order valence-electron chi connectivity index (χ2n) is 2.38. The van der Waals surface area contributed by atoms with Gasteiger partial charge >= 0.3 is 5.97 Å². The summed E-state index contributed by atoms with van der Waals surface area (Å²) >= 11 is 0. The van der Waals surface area contributed by atoms with Gasteiger partial charge in [-0.3, -0.25) is 4.79 Å². The zero-order valence-corrected chi connectivity index (χ0v) is 5.18. The maximum absolute atomic E-state index is 10.4. The molecule has 2 unspecified atom stereocenters. The topological polar surface area (TPSA) is 26.3 Å². The average molecular weight is 114 g/mol. The molecular formula is C6H10O2. The van der Waals surface area contributed by atoms with E-state index in [0.717, 1.165) is 0 Å². The van der Waals surface area contributed by atoms with Crippen molar-refractivity contribution in [3.63, 3.8) is 0 Å². The summed E-state index contributed by atoms with van der Waals surface area (Å²) in [6.45, 7) is 3.95. The Morgan fingerprint density at radius 2 is 2.25 bits per heavy atom. The van der Waals surface area contributed by atoms with Gasteiger partial charge in [0.15, 0.2) is 0 Å². The molecule has 0 N–H and O–H groups in total. The molecule has 1 rings (SSSR count). The normalized spacial score (nSPS) is 37.5. The highest BCUT2D eigenvalue weighted by molar-refractivity contribution is 5.71. The summed E-state index contributed by atoms with van der Waals surface area (Å²) in [5, 5.41) is 0. The van der Waals surface area contributed by atoms with Gasteiger partial charge in [0.05, 0.1) is 6.42 Å². The fourth-order valence-corrected chi connectivity index (χ4v) is 0.800. The van der Waals surface area contributed by atoms with Crippen molar-refractivity contribution in [1.82, 2.24) is 0 Å². The summed E-state index contributed by atoms with van der Waals surface area (Å²) in [6.07, 6.45) is 0.740. The molecule has 1 aliphatic heterocycles. The molecule has 1 saturated heterocycles. The monoisotopic (exact) mass is 114 g/mol. The van der Waals surface area contributed by atoms with E-state index in [0.29, 0.717) is 12.3 Å². The Hall–Kier alpha value is -0.530.